The van der Waals surface area contributed by atoms with E-state index in [9.17, 15) is 4.39 Å². The third kappa shape index (κ3) is 1.44. The molecule has 0 unspecified atom stereocenters. The van der Waals surface area contributed by atoms with Gasteiger partial charge in [0.2, 0.25) is 0 Å². The van der Waals surface area contributed by atoms with E-state index in [2.05, 4.69) is 26.3 Å². The van der Waals surface area contributed by atoms with Gasteiger partial charge in [-0.3, -0.25) is 10.8 Å². The number of fused-ring (bicyclic) bond motifs is 1. The van der Waals surface area contributed by atoms with Gasteiger partial charge in [0.05, 0.1) is 15.7 Å². The number of hydrazine groups is 1. The highest BCUT2D eigenvalue weighted by Crippen LogP contribution is 2.26. The van der Waals surface area contributed by atoms with Crippen LogP contribution in [0.4, 0.5) is 10.1 Å². The van der Waals surface area contributed by atoms with Crippen LogP contribution in [0.5, 0.6) is 0 Å². The van der Waals surface area contributed by atoms with Crippen molar-refractivity contribution in [2.24, 2.45) is 5.84 Å². The standard InChI is InChI=1S/C9H7BrFN3/c10-6-3-5-8(14-12)1-2-13-9(5)4-7(6)11/h1-4H,12H2,(H,13,14). The highest BCUT2D eigenvalue weighted by molar-refractivity contribution is 9.10. The number of nitrogens with two attached hydrogens (primary N) is 1. The first-order chi connectivity index (χ1) is 6.72. The number of anilines is 1. The number of rotatable bonds is 1. The quantitative estimate of drug-likeness (QED) is 0.608. The van der Waals surface area contributed by atoms with Gasteiger partial charge in [-0.1, -0.05) is 0 Å². The Kier molecular flexibility index (Phi) is 2.35. The van der Waals surface area contributed by atoms with Crippen LogP contribution in [0.3, 0.4) is 0 Å². The van der Waals surface area contributed by atoms with Crippen molar-refractivity contribution in [1.82, 2.24) is 4.98 Å². The molecule has 0 amide bonds. The first-order valence-corrected chi connectivity index (χ1v) is 4.72. The minimum absolute atomic E-state index is 0.334. The Morgan fingerprint density at radius 1 is 1.43 bits per heavy atom. The Hall–Kier alpha value is -1.20. The Balaban J connectivity index is 2.81. The Morgan fingerprint density at radius 3 is 2.93 bits per heavy atom. The average molecular weight is 256 g/mol. The Labute approximate surface area is 88.2 Å². The van der Waals surface area contributed by atoms with Crippen molar-refractivity contribution in [3.05, 3.63) is 34.7 Å². The third-order valence-electron chi connectivity index (χ3n) is 1.94. The Bertz CT molecular complexity index is 487. The maximum atomic E-state index is 13.1. The second-order valence-electron chi connectivity index (χ2n) is 2.79. The van der Waals surface area contributed by atoms with Crippen LogP contribution in [0.15, 0.2) is 28.9 Å². The maximum Gasteiger partial charge on any atom is 0.139 e. The molecule has 0 saturated heterocycles. The largest absolute Gasteiger partial charge is 0.323 e. The van der Waals surface area contributed by atoms with Gasteiger partial charge in [-0.05, 0) is 28.1 Å². The smallest absolute Gasteiger partial charge is 0.139 e. The second kappa shape index (κ2) is 3.51. The molecule has 72 valence electrons. The monoisotopic (exact) mass is 255 g/mol. The van der Waals surface area contributed by atoms with Crippen LogP contribution < -0.4 is 11.3 Å². The van der Waals surface area contributed by atoms with Gasteiger partial charge in [0.15, 0.2) is 0 Å². The molecule has 0 spiro atoms. The van der Waals surface area contributed by atoms with E-state index in [1.807, 2.05) is 0 Å². The molecule has 1 heterocycles. The molecule has 5 heteroatoms. The van der Waals surface area contributed by atoms with E-state index in [0.29, 0.717) is 9.99 Å². The van der Waals surface area contributed by atoms with Crippen molar-refractivity contribution in [1.29, 1.82) is 0 Å². The zero-order chi connectivity index (χ0) is 10.1. The SMILES string of the molecule is NNc1ccnc2cc(F)c(Br)cc12. The number of halogens is 2. The number of hydrogen-bond acceptors (Lipinski definition) is 3. The van der Waals surface area contributed by atoms with Crippen molar-refractivity contribution in [3.63, 3.8) is 0 Å². The molecule has 3 N–H and O–H groups in total. The topological polar surface area (TPSA) is 50.9 Å². The van der Waals surface area contributed by atoms with Crippen molar-refractivity contribution in [3.8, 4) is 0 Å². The molecular formula is C9H7BrFN3. The van der Waals surface area contributed by atoms with E-state index in [1.54, 1.807) is 18.3 Å². The molecule has 0 radical (unpaired) electrons. The molecule has 0 atom stereocenters. The summed E-state index contributed by atoms with van der Waals surface area (Å²) in [4.78, 5) is 4.04. The molecular weight excluding hydrogens is 249 g/mol. The molecule has 0 aliphatic rings. The summed E-state index contributed by atoms with van der Waals surface area (Å²) in [5.74, 6) is 4.98. The predicted molar refractivity (Wildman–Crippen MR) is 57.2 cm³/mol. The number of aromatic nitrogens is 1. The summed E-state index contributed by atoms with van der Waals surface area (Å²) < 4.78 is 13.5. The van der Waals surface area contributed by atoms with Crippen molar-refractivity contribution in [2.75, 3.05) is 5.43 Å². The number of hydrogen-bond donors (Lipinski definition) is 2. The molecule has 0 bridgehead atoms. The first kappa shape index (κ1) is 9.36. The van der Waals surface area contributed by atoms with E-state index in [1.165, 1.54) is 6.07 Å². The number of nitrogen functional groups attached to an aromatic ring is 1. The minimum atomic E-state index is -0.334. The van der Waals surface area contributed by atoms with E-state index < -0.39 is 0 Å². The molecule has 3 nitrogen and oxygen atoms in total. The maximum absolute atomic E-state index is 13.1. The lowest BCUT2D eigenvalue weighted by Crippen LogP contribution is -2.07. The molecule has 0 saturated carbocycles. The van der Waals surface area contributed by atoms with E-state index in [4.69, 9.17) is 5.84 Å². The lowest BCUT2D eigenvalue weighted by Gasteiger charge is -2.05. The average Bonchev–Trinajstić information content (AvgIpc) is 2.19. The highest BCUT2D eigenvalue weighted by atomic mass is 79.9. The predicted octanol–water partition coefficient (Wildman–Crippen LogP) is 2.42. The summed E-state index contributed by atoms with van der Waals surface area (Å²) in [5.41, 5.74) is 3.82. The van der Waals surface area contributed by atoms with Crippen LogP contribution in [0.2, 0.25) is 0 Å². The van der Waals surface area contributed by atoms with Crippen LogP contribution in [0, 0.1) is 5.82 Å². The van der Waals surface area contributed by atoms with Gasteiger partial charge in [0.25, 0.3) is 0 Å². The van der Waals surface area contributed by atoms with E-state index in [0.717, 1.165) is 11.1 Å². The summed E-state index contributed by atoms with van der Waals surface area (Å²) in [6, 6.07) is 4.74. The van der Waals surface area contributed by atoms with Gasteiger partial charge < -0.3 is 5.43 Å². The van der Waals surface area contributed by atoms with Gasteiger partial charge in [0.1, 0.15) is 5.82 Å². The number of pyridine rings is 1. The summed E-state index contributed by atoms with van der Waals surface area (Å²) in [7, 11) is 0. The lowest BCUT2D eigenvalue weighted by molar-refractivity contribution is 0.623. The summed E-state index contributed by atoms with van der Waals surface area (Å²) in [6.45, 7) is 0. The highest BCUT2D eigenvalue weighted by Gasteiger charge is 2.05. The van der Waals surface area contributed by atoms with Crippen molar-refractivity contribution < 1.29 is 4.39 Å². The number of nitrogens with zero attached hydrogens (tertiary/aromatic N) is 1. The van der Waals surface area contributed by atoms with Crippen LogP contribution >= 0.6 is 15.9 Å². The molecule has 14 heavy (non-hydrogen) atoms. The van der Waals surface area contributed by atoms with E-state index in [-0.39, 0.29) is 5.82 Å². The van der Waals surface area contributed by atoms with E-state index >= 15 is 0 Å². The molecule has 1 aromatic heterocycles. The van der Waals surface area contributed by atoms with Gasteiger partial charge in [-0.15, -0.1) is 0 Å². The molecule has 2 aromatic rings. The third-order valence-corrected chi connectivity index (χ3v) is 2.55. The summed E-state index contributed by atoms with van der Waals surface area (Å²) in [6.07, 6.45) is 1.57. The van der Waals surface area contributed by atoms with Gasteiger partial charge in [-0.2, -0.15) is 0 Å². The fourth-order valence-electron chi connectivity index (χ4n) is 1.27. The lowest BCUT2D eigenvalue weighted by atomic mass is 10.2. The fraction of sp³-hybridized carbons (Fsp3) is 0. The minimum Gasteiger partial charge on any atom is -0.323 e. The van der Waals surface area contributed by atoms with Gasteiger partial charge >= 0.3 is 0 Å². The fourth-order valence-corrected chi connectivity index (χ4v) is 1.61. The first-order valence-electron chi connectivity index (χ1n) is 3.93. The molecule has 0 fully saturated rings. The van der Waals surface area contributed by atoms with Crippen LogP contribution in [0.25, 0.3) is 10.9 Å². The second-order valence-corrected chi connectivity index (χ2v) is 3.64. The van der Waals surface area contributed by atoms with Gasteiger partial charge in [-0.25, -0.2) is 4.39 Å². The number of nitrogens with one attached hydrogen (secondary N) is 1. The zero-order valence-electron chi connectivity index (χ0n) is 7.09. The zero-order valence-corrected chi connectivity index (χ0v) is 8.68. The molecule has 1 aromatic carbocycles. The van der Waals surface area contributed by atoms with Gasteiger partial charge in [0, 0.05) is 17.6 Å². The van der Waals surface area contributed by atoms with Crippen LogP contribution in [-0.2, 0) is 0 Å². The van der Waals surface area contributed by atoms with Crippen LogP contribution in [0.1, 0.15) is 0 Å². The van der Waals surface area contributed by atoms with Crippen molar-refractivity contribution >= 4 is 32.5 Å². The molecule has 0 aliphatic heterocycles. The summed E-state index contributed by atoms with van der Waals surface area (Å²) >= 11 is 3.11. The normalized spacial score (nSPS) is 10.5. The van der Waals surface area contributed by atoms with Crippen LogP contribution in [-0.4, -0.2) is 4.98 Å². The van der Waals surface area contributed by atoms with Crippen molar-refractivity contribution in [2.45, 2.75) is 0 Å². The number of benzene rings is 1. The molecule has 2 rings (SSSR count). The summed E-state index contributed by atoms with van der Waals surface area (Å²) in [5, 5.41) is 0.781. The Morgan fingerprint density at radius 2 is 2.21 bits per heavy atom. The molecule has 0 aliphatic carbocycles.